The number of aliphatic carboxylic acids is 1. The van der Waals surface area contributed by atoms with E-state index in [9.17, 15) is 72.2 Å². The highest BCUT2D eigenvalue weighted by atomic mass is 16.4. The lowest BCUT2D eigenvalue weighted by atomic mass is 10.0. The van der Waals surface area contributed by atoms with E-state index >= 15 is 4.79 Å². The molecule has 0 unspecified atom stereocenters. The molecule has 0 saturated carbocycles. The number of nitrogens with zero attached hydrogens (tertiary/aromatic N) is 6. The molecule has 36 N–H and O–H groups in total. The van der Waals surface area contributed by atoms with Crippen LogP contribution in [0.15, 0.2) is 40.0 Å². The first-order valence-electron chi connectivity index (χ1n) is 35.6. The maximum atomic E-state index is 15.0. The summed E-state index contributed by atoms with van der Waals surface area (Å²) in [5.41, 5.74) is 54.9. The molecule has 47 nitrogen and oxygen atoms in total. The number of nitrogens with one attached hydrogen (secondary N) is 15. The van der Waals surface area contributed by atoms with Crippen molar-refractivity contribution < 1.29 is 77.0 Å². The molecule has 47 heteroatoms. The number of carboxylic acid groups (broad SMARTS) is 1. The molecule has 1 aliphatic heterocycles. The number of imidazole rings is 2. The van der Waals surface area contributed by atoms with E-state index in [4.69, 9.17) is 57.3 Å². The third-order valence-electron chi connectivity index (χ3n) is 16.8. The molecule has 3 rings (SSSR count). The van der Waals surface area contributed by atoms with Gasteiger partial charge in [-0.1, -0.05) is 13.8 Å². The Kier molecular flexibility index (Phi) is 40.7. The van der Waals surface area contributed by atoms with Gasteiger partial charge in [0.15, 0.2) is 17.9 Å². The molecule has 3 heterocycles. The summed E-state index contributed by atoms with van der Waals surface area (Å²) in [5.74, 6) is -12.6. The van der Waals surface area contributed by atoms with Gasteiger partial charge in [0.1, 0.15) is 66.5 Å². The Balaban J connectivity index is 1.96. The molecule has 0 radical (unpaired) electrons. The number of carbonyl (C=O) groups excluding carboxylic acids is 14. The number of aromatic nitrogens is 4. The highest BCUT2D eigenvalue weighted by molar-refractivity contribution is 6.00. The van der Waals surface area contributed by atoms with E-state index in [1.807, 2.05) is 0 Å². The van der Waals surface area contributed by atoms with Crippen molar-refractivity contribution in [3.05, 3.63) is 36.4 Å². The number of primary amides is 3. The molecule has 2 aromatic rings. The Morgan fingerprint density at radius 1 is 0.464 bits per heavy atom. The number of urea groups is 3. The number of rotatable bonds is 51. The predicted molar refractivity (Wildman–Crippen MR) is 396 cm³/mol. The number of guanidine groups is 3. The van der Waals surface area contributed by atoms with Crippen LogP contribution in [0.3, 0.4) is 0 Å². The summed E-state index contributed by atoms with van der Waals surface area (Å²) in [4.78, 5) is 230. The first-order chi connectivity index (χ1) is 52.1. The number of hydrogen-bond acceptors (Lipinski definition) is 21. The Bertz CT molecular complexity index is 3470. The van der Waals surface area contributed by atoms with E-state index in [-0.39, 0.29) is 166 Å². The zero-order valence-electron chi connectivity index (χ0n) is 61.7. The second-order valence-electron chi connectivity index (χ2n) is 25.9. The van der Waals surface area contributed by atoms with Crippen molar-refractivity contribution in [1.29, 1.82) is 0 Å². The van der Waals surface area contributed by atoms with Crippen molar-refractivity contribution >= 4 is 107 Å². The average Bonchev–Trinajstić information content (AvgIpc) is 1.64. The van der Waals surface area contributed by atoms with E-state index in [2.05, 4.69) is 104 Å². The number of aliphatic imine (C=N–C) groups is 3. The number of amides is 17. The normalized spacial score (nSPS) is 15.0. The molecule has 2 aromatic heterocycles. The first-order valence-corrected chi connectivity index (χ1v) is 35.6. The standard InChI is InChI=1S/C63H109N31O16/c1-32(2)46(55(104)88-38(12-5-19-77-59(67)68)49(98)90-41(57(106)107)16-9-23-81-63(73)110)93-51(100)39(13-6-20-78-60(69)70)87-54(103)44-17-10-24-94(44)56(105)40(15-8-22-80-62(72)109)89-53(102)43(26-35-29-75-31-83-35)91-47(96)33(3)84-52(101)42(25-34-28-74-30-82-34)92-50(99)37(14-7-21-79-61(71)108)86-48(97)36(85-45(95)27-64)11-4-18-76-58(65)66/h28-33,36-44,46H,4-27,64H2,1-3H3,(H,74,82)(H,75,83)(H,84,101)(H,85,95)(H,86,97)(H,87,103)(H,88,104)(H,89,102)(H,90,98)(H,91,96)(H,92,99)(H,93,100)(H,106,107)(H4,65,66,76)(H4,67,68,77)(H4,69,70,78)(H3,71,79,108)(H3,72,80,109)(H3,73,81,110)/t33-,36-,37-,38-,39-,40-,41-,42-,43-,44-,46-/m0/s1. The van der Waals surface area contributed by atoms with Crippen LogP contribution >= 0.6 is 0 Å². The minimum Gasteiger partial charge on any atom is -0.480 e. The van der Waals surface area contributed by atoms with Gasteiger partial charge in [-0.2, -0.15) is 0 Å². The van der Waals surface area contributed by atoms with Gasteiger partial charge in [-0.15, -0.1) is 0 Å². The fourth-order valence-corrected chi connectivity index (χ4v) is 11.1. The van der Waals surface area contributed by atoms with Gasteiger partial charge in [0.25, 0.3) is 0 Å². The van der Waals surface area contributed by atoms with Crippen LogP contribution in [0.25, 0.3) is 0 Å². The predicted octanol–water partition coefficient (Wildman–Crippen LogP) is -10.0. The van der Waals surface area contributed by atoms with Crippen LogP contribution in [-0.4, -0.2) is 256 Å². The number of carboxylic acids is 1. The van der Waals surface area contributed by atoms with E-state index in [1.165, 1.54) is 36.9 Å². The Hall–Kier alpha value is -12.4. The van der Waals surface area contributed by atoms with E-state index in [0.717, 1.165) is 0 Å². The monoisotopic (exact) mass is 1560 g/mol. The zero-order chi connectivity index (χ0) is 82.0. The molecule has 0 spiro atoms. The lowest BCUT2D eigenvalue weighted by molar-refractivity contribution is -0.143. The number of carbonyl (C=O) groups is 15. The molecule has 11 atom stereocenters. The second-order valence-corrected chi connectivity index (χ2v) is 25.9. The van der Waals surface area contributed by atoms with Crippen LogP contribution in [0.2, 0.25) is 0 Å². The summed E-state index contributed by atoms with van der Waals surface area (Å²) in [5, 5.41) is 42.9. The van der Waals surface area contributed by atoms with Gasteiger partial charge in [0, 0.05) is 82.4 Å². The quantitative estimate of drug-likeness (QED) is 0.0166. The molecule has 1 saturated heterocycles. The number of aromatic amines is 2. The SMILES string of the molecule is CC(C)[C@H](NC(=O)[C@H](CCCN=C(N)N)NC(=O)[C@@H]1CCCN1C(=O)[C@H](CCCNC(N)=O)NC(=O)[C@H](Cc1cnc[nH]1)NC(=O)[C@H](C)NC(=O)[C@H](Cc1cnc[nH]1)NC(=O)[C@H](CCCNC(N)=O)NC(=O)[C@H](CCCN=C(N)N)NC(=O)CN)C(=O)N[C@@H](CCCN=C(N)N)C(=O)N[C@@H](CCCNC(N)=O)C(=O)O. The van der Waals surface area contributed by atoms with Crippen molar-refractivity contribution in [2.24, 2.45) is 78.2 Å². The van der Waals surface area contributed by atoms with Gasteiger partial charge >= 0.3 is 24.1 Å². The second kappa shape index (κ2) is 48.8. The Morgan fingerprint density at radius 3 is 1.25 bits per heavy atom. The van der Waals surface area contributed by atoms with Crippen LogP contribution in [0.1, 0.15) is 122 Å². The molecule has 0 aliphatic carbocycles. The lowest BCUT2D eigenvalue weighted by Crippen LogP contribution is -2.61. The average molecular weight is 1560 g/mol. The molecule has 1 fully saturated rings. The van der Waals surface area contributed by atoms with Crippen molar-refractivity contribution in [2.45, 2.75) is 190 Å². The maximum Gasteiger partial charge on any atom is 0.326 e. The van der Waals surface area contributed by atoms with E-state index in [0.29, 0.717) is 11.4 Å². The fraction of sp³-hybridized carbons (Fsp3) is 0.619. The zero-order valence-corrected chi connectivity index (χ0v) is 61.7. The number of H-pyrrole nitrogens is 2. The first kappa shape index (κ1) is 91.8. The smallest absolute Gasteiger partial charge is 0.326 e. The van der Waals surface area contributed by atoms with Crippen LogP contribution < -0.4 is 126 Å². The minimum absolute atomic E-state index is 0.00141. The summed E-state index contributed by atoms with van der Waals surface area (Å²) < 4.78 is 0. The number of likely N-dealkylation sites (tertiary alicyclic amines) is 1. The summed E-state index contributed by atoms with van der Waals surface area (Å²) in [7, 11) is 0. The van der Waals surface area contributed by atoms with Gasteiger partial charge in [-0.25, -0.2) is 29.1 Å². The van der Waals surface area contributed by atoms with Crippen LogP contribution in [0.4, 0.5) is 14.4 Å². The van der Waals surface area contributed by atoms with E-state index < -0.39 is 168 Å². The molecule has 110 heavy (non-hydrogen) atoms. The van der Waals surface area contributed by atoms with Crippen LogP contribution in [0.5, 0.6) is 0 Å². The summed E-state index contributed by atoms with van der Waals surface area (Å²) >= 11 is 0. The van der Waals surface area contributed by atoms with Gasteiger partial charge in [-0.05, 0) is 103 Å². The topological polar surface area (TPSA) is 791 Å². The Morgan fingerprint density at radius 2 is 0.827 bits per heavy atom. The van der Waals surface area contributed by atoms with Crippen molar-refractivity contribution in [3.8, 4) is 0 Å². The van der Waals surface area contributed by atoms with Gasteiger partial charge in [0.05, 0.1) is 19.2 Å². The molecule has 612 valence electrons. The van der Waals surface area contributed by atoms with Crippen LogP contribution in [0, 0.1) is 5.92 Å². The minimum atomic E-state index is -1.56. The molecule has 1 aliphatic rings. The van der Waals surface area contributed by atoms with Gasteiger partial charge in [0.2, 0.25) is 65.0 Å². The third kappa shape index (κ3) is 35.4. The largest absolute Gasteiger partial charge is 0.480 e. The number of hydrogen-bond donors (Lipinski definition) is 26. The Labute approximate surface area is 632 Å². The van der Waals surface area contributed by atoms with Gasteiger partial charge < -0.3 is 146 Å². The lowest BCUT2D eigenvalue weighted by Gasteiger charge is -2.31. The highest BCUT2D eigenvalue weighted by Crippen LogP contribution is 2.21. The number of nitrogens with two attached hydrogens (primary N) is 10. The summed E-state index contributed by atoms with van der Waals surface area (Å²) in [6.45, 7) is 3.74. The molecule has 0 aromatic carbocycles. The highest BCUT2D eigenvalue weighted by Gasteiger charge is 2.41. The molecular formula is C63H109N31O16. The van der Waals surface area contributed by atoms with Crippen molar-refractivity contribution in [1.82, 2.24) is 94.0 Å². The molecular weight excluding hydrogens is 1450 g/mol. The van der Waals surface area contributed by atoms with E-state index in [1.54, 1.807) is 13.8 Å². The summed E-state index contributed by atoms with van der Waals surface area (Å²) in [6.07, 6.45) is 4.66. The third-order valence-corrected chi connectivity index (χ3v) is 16.8. The summed E-state index contributed by atoms with van der Waals surface area (Å²) in [6, 6.07) is -18.5. The van der Waals surface area contributed by atoms with Gasteiger partial charge in [-0.3, -0.25) is 67.7 Å². The maximum absolute atomic E-state index is 15.0. The fourth-order valence-electron chi connectivity index (χ4n) is 11.1. The van der Waals surface area contributed by atoms with Crippen molar-refractivity contribution in [3.63, 3.8) is 0 Å². The molecule has 0 bridgehead atoms. The molecule has 17 amide bonds. The van der Waals surface area contributed by atoms with Crippen molar-refractivity contribution in [2.75, 3.05) is 52.4 Å². The van der Waals surface area contributed by atoms with Crippen LogP contribution in [-0.2, 0) is 70.4 Å².